The topological polar surface area (TPSA) is 64.9 Å². The zero-order chi connectivity index (χ0) is 9.80. The van der Waals surface area contributed by atoms with Crippen molar-refractivity contribution in [2.24, 2.45) is 5.73 Å². The fourth-order valence-corrected chi connectivity index (χ4v) is 1.30. The van der Waals surface area contributed by atoms with Gasteiger partial charge in [0.2, 0.25) is 5.89 Å². The smallest absolute Gasteiger partial charge is 0.243 e. The summed E-state index contributed by atoms with van der Waals surface area (Å²) in [6.45, 7) is 0. The van der Waals surface area contributed by atoms with Crippen molar-refractivity contribution in [3.63, 3.8) is 0 Å². The minimum absolute atomic E-state index is 0.222. The van der Waals surface area contributed by atoms with Crippen LogP contribution in [0, 0.1) is 0 Å². The summed E-state index contributed by atoms with van der Waals surface area (Å²) in [6.07, 6.45) is 2.07. The summed E-state index contributed by atoms with van der Waals surface area (Å²) in [7, 11) is 0. The third kappa shape index (κ3) is 1.97. The van der Waals surface area contributed by atoms with E-state index in [1.807, 2.05) is 30.3 Å². The molecule has 0 aliphatic heterocycles. The monoisotopic (exact) mass is 189 g/mol. The minimum Gasteiger partial charge on any atom is -0.338 e. The molecule has 14 heavy (non-hydrogen) atoms. The lowest BCUT2D eigenvalue weighted by molar-refractivity contribution is 0.353. The fraction of sp³-hybridized carbons (Fsp3) is 0.200. The fourth-order valence-electron chi connectivity index (χ4n) is 1.30. The maximum Gasteiger partial charge on any atom is 0.243 e. The molecular formula is C10H11N3O. The van der Waals surface area contributed by atoms with E-state index < -0.39 is 0 Å². The molecule has 0 fully saturated rings. The quantitative estimate of drug-likeness (QED) is 0.790. The van der Waals surface area contributed by atoms with Crippen LogP contribution in [-0.2, 0) is 6.42 Å². The molecule has 0 aliphatic rings. The van der Waals surface area contributed by atoms with E-state index in [1.165, 1.54) is 11.9 Å². The molecule has 0 bridgehead atoms. The maximum atomic E-state index is 5.88. The maximum absolute atomic E-state index is 5.88. The first kappa shape index (κ1) is 8.90. The number of nitrogens with two attached hydrogens (primary N) is 1. The molecule has 0 aliphatic carbocycles. The van der Waals surface area contributed by atoms with Gasteiger partial charge >= 0.3 is 0 Å². The molecule has 0 spiro atoms. The Morgan fingerprint density at radius 3 is 2.71 bits per heavy atom. The summed E-state index contributed by atoms with van der Waals surface area (Å²) in [4.78, 5) is 3.91. The zero-order valence-corrected chi connectivity index (χ0v) is 7.63. The Morgan fingerprint density at radius 2 is 2.07 bits per heavy atom. The van der Waals surface area contributed by atoms with Gasteiger partial charge in [0.25, 0.3) is 0 Å². The highest BCUT2D eigenvalue weighted by molar-refractivity contribution is 5.16. The van der Waals surface area contributed by atoms with Gasteiger partial charge in [-0.3, -0.25) is 0 Å². The van der Waals surface area contributed by atoms with Crippen molar-refractivity contribution >= 4 is 0 Å². The van der Waals surface area contributed by atoms with E-state index in [0.717, 1.165) is 0 Å². The zero-order valence-electron chi connectivity index (χ0n) is 7.63. The standard InChI is InChI=1S/C10H11N3O/c11-9(10-12-7-13-14-10)6-8-4-2-1-3-5-8/h1-5,7,9H,6,11H2/t9-/m0/s1. The van der Waals surface area contributed by atoms with Gasteiger partial charge < -0.3 is 10.3 Å². The molecule has 2 aromatic rings. The van der Waals surface area contributed by atoms with Gasteiger partial charge in [-0.25, -0.2) is 0 Å². The first-order valence-corrected chi connectivity index (χ1v) is 4.42. The van der Waals surface area contributed by atoms with Crippen LogP contribution >= 0.6 is 0 Å². The van der Waals surface area contributed by atoms with Gasteiger partial charge in [-0.1, -0.05) is 35.5 Å². The average molecular weight is 189 g/mol. The molecule has 0 saturated heterocycles. The van der Waals surface area contributed by atoms with Crippen LogP contribution in [0.1, 0.15) is 17.5 Å². The summed E-state index contributed by atoms with van der Waals surface area (Å²) >= 11 is 0. The Morgan fingerprint density at radius 1 is 1.29 bits per heavy atom. The van der Waals surface area contributed by atoms with Gasteiger partial charge in [0, 0.05) is 0 Å². The number of nitrogens with zero attached hydrogens (tertiary/aromatic N) is 2. The van der Waals surface area contributed by atoms with Gasteiger partial charge in [-0.2, -0.15) is 4.98 Å². The first-order chi connectivity index (χ1) is 6.86. The molecule has 1 atom stereocenters. The van der Waals surface area contributed by atoms with Crippen LogP contribution in [0.15, 0.2) is 41.2 Å². The molecule has 2 rings (SSSR count). The molecule has 2 N–H and O–H groups in total. The molecule has 0 saturated carbocycles. The minimum atomic E-state index is -0.222. The number of aromatic nitrogens is 2. The Balaban J connectivity index is 2.06. The van der Waals surface area contributed by atoms with Crippen molar-refractivity contribution in [1.82, 2.24) is 10.1 Å². The predicted octanol–water partition coefficient (Wildman–Crippen LogP) is 1.31. The summed E-state index contributed by atoms with van der Waals surface area (Å²) in [6, 6.07) is 9.76. The van der Waals surface area contributed by atoms with Gasteiger partial charge in [0.15, 0.2) is 6.33 Å². The van der Waals surface area contributed by atoms with E-state index in [2.05, 4.69) is 10.1 Å². The molecule has 4 heteroatoms. The van der Waals surface area contributed by atoms with E-state index in [9.17, 15) is 0 Å². The third-order valence-electron chi connectivity index (χ3n) is 1.99. The number of benzene rings is 1. The lowest BCUT2D eigenvalue weighted by Gasteiger charge is -2.05. The molecule has 72 valence electrons. The highest BCUT2D eigenvalue weighted by atomic mass is 16.5. The predicted molar refractivity (Wildman–Crippen MR) is 51.4 cm³/mol. The van der Waals surface area contributed by atoms with Crippen molar-refractivity contribution in [3.8, 4) is 0 Å². The van der Waals surface area contributed by atoms with Gasteiger partial charge in [-0.15, -0.1) is 0 Å². The third-order valence-corrected chi connectivity index (χ3v) is 1.99. The molecule has 1 aromatic carbocycles. The summed E-state index contributed by atoms with van der Waals surface area (Å²) in [5, 5.41) is 3.52. The number of hydrogen-bond donors (Lipinski definition) is 1. The van der Waals surface area contributed by atoms with Gasteiger partial charge in [-0.05, 0) is 12.0 Å². The molecule has 4 nitrogen and oxygen atoms in total. The highest BCUT2D eigenvalue weighted by Crippen LogP contribution is 2.12. The Labute approximate surface area is 81.7 Å². The van der Waals surface area contributed by atoms with Crippen LogP contribution in [0.25, 0.3) is 0 Å². The molecular weight excluding hydrogens is 178 g/mol. The van der Waals surface area contributed by atoms with Crippen LogP contribution in [0.3, 0.4) is 0 Å². The molecule has 1 heterocycles. The van der Waals surface area contributed by atoms with E-state index >= 15 is 0 Å². The van der Waals surface area contributed by atoms with E-state index in [4.69, 9.17) is 10.3 Å². The Hall–Kier alpha value is -1.68. The normalized spacial score (nSPS) is 12.6. The molecule has 0 unspecified atom stereocenters. The lowest BCUT2D eigenvalue weighted by atomic mass is 10.1. The second-order valence-electron chi connectivity index (χ2n) is 3.08. The molecule has 0 radical (unpaired) electrons. The lowest BCUT2D eigenvalue weighted by Crippen LogP contribution is -2.13. The van der Waals surface area contributed by atoms with Crippen LogP contribution in [0.5, 0.6) is 0 Å². The second-order valence-corrected chi connectivity index (χ2v) is 3.08. The number of hydrogen-bond acceptors (Lipinski definition) is 4. The van der Waals surface area contributed by atoms with Crippen molar-refractivity contribution in [1.29, 1.82) is 0 Å². The molecule has 1 aromatic heterocycles. The largest absolute Gasteiger partial charge is 0.338 e. The van der Waals surface area contributed by atoms with Gasteiger partial charge in [0.05, 0.1) is 6.04 Å². The van der Waals surface area contributed by atoms with Crippen molar-refractivity contribution in [3.05, 3.63) is 48.1 Å². The van der Waals surface area contributed by atoms with Crippen LogP contribution in [0.2, 0.25) is 0 Å². The Kier molecular flexibility index (Phi) is 2.55. The SMILES string of the molecule is N[C@@H](Cc1ccccc1)c1ncno1. The van der Waals surface area contributed by atoms with Crippen molar-refractivity contribution < 1.29 is 4.52 Å². The highest BCUT2D eigenvalue weighted by Gasteiger charge is 2.11. The summed E-state index contributed by atoms with van der Waals surface area (Å²) in [5.41, 5.74) is 7.04. The van der Waals surface area contributed by atoms with Crippen LogP contribution < -0.4 is 5.73 Å². The number of rotatable bonds is 3. The molecule has 0 amide bonds. The average Bonchev–Trinajstić information content (AvgIpc) is 2.72. The summed E-state index contributed by atoms with van der Waals surface area (Å²) in [5.74, 6) is 0.480. The van der Waals surface area contributed by atoms with Crippen molar-refractivity contribution in [2.45, 2.75) is 12.5 Å². The van der Waals surface area contributed by atoms with E-state index in [-0.39, 0.29) is 6.04 Å². The van der Waals surface area contributed by atoms with Gasteiger partial charge in [0.1, 0.15) is 0 Å². The summed E-state index contributed by atoms with van der Waals surface area (Å²) < 4.78 is 4.88. The van der Waals surface area contributed by atoms with Crippen molar-refractivity contribution in [2.75, 3.05) is 0 Å². The first-order valence-electron chi connectivity index (χ1n) is 4.42. The second kappa shape index (κ2) is 4.02. The van der Waals surface area contributed by atoms with Crippen LogP contribution in [0.4, 0.5) is 0 Å². The van der Waals surface area contributed by atoms with E-state index in [1.54, 1.807) is 0 Å². The van der Waals surface area contributed by atoms with Crippen LogP contribution in [-0.4, -0.2) is 10.1 Å². The Bertz CT molecular complexity index is 372. The van der Waals surface area contributed by atoms with E-state index in [0.29, 0.717) is 12.3 Å².